The second-order valence-corrected chi connectivity index (χ2v) is 6.25. The van der Waals surface area contributed by atoms with Crippen LogP contribution in [0.3, 0.4) is 0 Å². The molecule has 2 rings (SSSR count). The minimum Gasteiger partial charge on any atom is -0.481 e. The van der Waals surface area contributed by atoms with Crippen LogP contribution in [-0.4, -0.2) is 53.3 Å². The highest BCUT2D eigenvalue weighted by Gasteiger charge is 2.63. The first-order valence-electron chi connectivity index (χ1n) is 5.95. The first-order valence-corrected chi connectivity index (χ1v) is 7.11. The first-order chi connectivity index (χ1) is 8.35. The van der Waals surface area contributed by atoms with Crippen molar-refractivity contribution in [2.24, 2.45) is 11.3 Å². The fourth-order valence-electron chi connectivity index (χ4n) is 2.66. The number of carboxylic acids is 1. The lowest BCUT2D eigenvalue weighted by Crippen LogP contribution is -2.47. The van der Waals surface area contributed by atoms with Crippen molar-refractivity contribution in [1.82, 2.24) is 4.90 Å². The second-order valence-electron chi connectivity index (χ2n) is 5.10. The summed E-state index contributed by atoms with van der Waals surface area (Å²) in [6, 6.07) is 0. The van der Waals surface area contributed by atoms with Crippen molar-refractivity contribution in [3.63, 3.8) is 0 Å². The van der Waals surface area contributed by atoms with E-state index in [1.807, 2.05) is 11.8 Å². The van der Waals surface area contributed by atoms with Crippen molar-refractivity contribution in [3.8, 4) is 0 Å². The number of rotatable bonds is 3. The molecule has 0 radical (unpaired) electrons. The quantitative estimate of drug-likeness (QED) is 0.861. The Morgan fingerprint density at radius 2 is 2.22 bits per heavy atom. The van der Waals surface area contributed by atoms with Crippen LogP contribution in [-0.2, 0) is 4.79 Å². The van der Waals surface area contributed by atoms with Gasteiger partial charge in [-0.25, -0.2) is 0 Å². The van der Waals surface area contributed by atoms with E-state index in [0.29, 0.717) is 12.5 Å². The molecule has 0 aromatic heterocycles. The Morgan fingerprint density at radius 1 is 1.50 bits per heavy atom. The molecular formula is C11H16F3NO2S. The molecule has 7 heteroatoms. The number of thioether (sulfide) groups is 1. The zero-order valence-corrected chi connectivity index (χ0v) is 10.7. The Hall–Kier alpha value is -0.430. The fraction of sp³-hybridized carbons (Fsp3) is 0.909. The predicted molar refractivity (Wildman–Crippen MR) is 62.6 cm³/mol. The third kappa shape index (κ3) is 2.47. The third-order valence-electron chi connectivity index (χ3n) is 3.84. The van der Waals surface area contributed by atoms with E-state index in [4.69, 9.17) is 5.11 Å². The van der Waals surface area contributed by atoms with Gasteiger partial charge < -0.3 is 10.0 Å². The van der Waals surface area contributed by atoms with Crippen molar-refractivity contribution in [2.75, 3.05) is 31.1 Å². The summed E-state index contributed by atoms with van der Waals surface area (Å²) in [5, 5.41) is 8.93. The SMILES string of the molecule is O=C(O)C1(C(F)(F)F)CCN(CC2CCSC2)C1. The lowest BCUT2D eigenvalue weighted by molar-refractivity contribution is -0.227. The summed E-state index contributed by atoms with van der Waals surface area (Å²) in [5.74, 6) is 0.705. The molecule has 0 aliphatic carbocycles. The summed E-state index contributed by atoms with van der Waals surface area (Å²) in [5.41, 5.74) is -2.56. The molecule has 2 aliphatic heterocycles. The molecule has 2 heterocycles. The van der Waals surface area contributed by atoms with Crippen molar-refractivity contribution in [3.05, 3.63) is 0 Å². The molecule has 3 nitrogen and oxygen atoms in total. The summed E-state index contributed by atoms with van der Waals surface area (Å²) in [6.07, 6.45) is -3.98. The Bertz CT molecular complexity index is 331. The average Bonchev–Trinajstić information content (AvgIpc) is 2.86. The van der Waals surface area contributed by atoms with Crippen LogP contribution in [0, 0.1) is 11.3 Å². The van der Waals surface area contributed by atoms with Crippen LogP contribution in [0.25, 0.3) is 0 Å². The molecule has 2 saturated heterocycles. The number of carboxylic acid groups (broad SMARTS) is 1. The predicted octanol–water partition coefficient (Wildman–Crippen LogP) is 2.08. The monoisotopic (exact) mass is 283 g/mol. The molecule has 2 aliphatic rings. The normalized spacial score (nSPS) is 34.1. The van der Waals surface area contributed by atoms with E-state index in [1.54, 1.807) is 4.90 Å². The van der Waals surface area contributed by atoms with Crippen molar-refractivity contribution in [2.45, 2.75) is 19.0 Å². The molecule has 2 unspecified atom stereocenters. The Labute approximate surface area is 108 Å². The van der Waals surface area contributed by atoms with Gasteiger partial charge >= 0.3 is 12.1 Å². The minimum absolute atomic E-state index is 0.229. The van der Waals surface area contributed by atoms with Gasteiger partial charge in [-0.15, -0.1) is 0 Å². The highest BCUT2D eigenvalue weighted by Crippen LogP contribution is 2.46. The van der Waals surface area contributed by atoms with Crippen molar-refractivity contribution < 1.29 is 23.1 Å². The molecule has 104 valence electrons. The van der Waals surface area contributed by atoms with E-state index in [1.165, 1.54) is 0 Å². The van der Waals surface area contributed by atoms with E-state index in [9.17, 15) is 18.0 Å². The summed E-state index contributed by atoms with van der Waals surface area (Å²) in [7, 11) is 0. The lowest BCUT2D eigenvalue weighted by Gasteiger charge is -2.28. The molecule has 0 spiro atoms. The van der Waals surface area contributed by atoms with Gasteiger partial charge in [0.15, 0.2) is 5.41 Å². The van der Waals surface area contributed by atoms with Gasteiger partial charge in [-0.2, -0.15) is 24.9 Å². The largest absolute Gasteiger partial charge is 0.481 e. The first kappa shape index (κ1) is 14.0. The standard InChI is InChI=1S/C11H16F3NO2S/c12-11(13,14)10(9(16)17)2-3-15(7-10)5-8-1-4-18-6-8/h8H,1-7H2,(H,16,17). The number of carbonyl (C=O) groups is 1. The number of aliphatic carboxylic acids is 1. The Kier molecular flexibility index (Phi) is 3.82. The van der Waals surface area contributed by atoms with E-state index in [0.717, 1.165) is 17.9 Å². The van der Waals surface area contributed by atoms with Gasteiger partial charge in [-0.05, 0) is 36.8 Å². The second kappa shape index (κ2) is 4.92. The maximum atomic E-state index is 12.9. The molecule has 0 bridgehead atoms. The van der Waals surface area contributed by atoms with Crippen LogP contribution in [0.4, 0.5) is 13.2 Å². The van der Waals surface area contributed by atoms with Gasteiger partial charge in [0.05, 0.1) is 0 Å². The van der Waals surface area contributed by atoms with Gasteiger partial charge in [0.2, 0.25) is 0 Å². The average molecular weight is 283 g/mol. The highest BCUT2D eigenvalue weighted by molar-refractivity contribution is 7.99. The summed E-state index contributed by atoms with van der Waals surface area (Å²) in [4.78, 5) is 12.7. The maximum Gasteiger partial charge on any atom is 0.406 e. The van der Waals surface area contributed by atoms with E-state index < -0.39 is 24.1 Å². The molecular weight excluding hydrogens is 267 g/mol. The number of nitrogens with zero attached hydrogens (tertiary/aromatic N) is 1. The maximum absolute atomic E-state index is 12.9. The van der Waals surface area contributed by atoms with Gasteiger partial charge in [0.25, 0.3) is 0 Å². The fourth-order valence-corrected chi connectivity index (χ4v) is 3.94. The van der Waals surface area contributed by atoms with Crippen LogP contribution in [0.1, 0.15) is 12.8 Å². The Balaban J connectivity index is 2.02. The number of halogens is 3. The number of hydrogen-bond donors (Lipinski definition) is 1. The summed E-state index contributed by atoms with van der Waals surface area (Å²) in [6.45, 7) is 0.429. The van der Waals surface area contributed by atoms with Crippen LogP contribution in [0.2, 0.25) is 0 Å². The third-order valence-corrected chi connectivity index (χ3v) is 5.07. The highest BCUT2D eigenvalue weighted by atomic mass is 32.2. The summed E-state index contributed by atoms with van der Waals surface area (Å²) >= 11 is 1.81. The van der Waals surface area contributed by atoms with E-state index >= 15 is 0 Å². The molecule has 1 N–H and O–H groups in total. The van der Waals surface area contributed by atoms with Crippen LogP contribution < -0.4 is 0 Å². The molecule has 0 saturated carbocycles. The van der Waals surface area contributed by atoms with Gasteiger partial charge in [-0.1, -0.05) is 0 Å². The summed E-state index contributed by atoms with van der Waals surface area (Å²) < 4.78 is 38.8. The Morgan fingerprint density at radius 3 is 2.67 bits per heavy atom. The van der Waals surface area contributed by atoms with Crippen LogP contribution in [0.15, 0.2) is 0 Å². The number of alkyl halides is 3. The molecule has 2 atom stereocenters. The van der Waals surface area contributed by atoms with Crippen molar-refractivity contribution >= 4 is 17.7 Å². The van der Waals surface area contributed by atoms with Crippen molar-refractivity contribution in [1.29, 1.82) is 0 Å². The smallest absolute Gasteiger partial charge is 0.406 e. The van der Waals surface area contributed by atoms with E-state index in [-0.39, 0.29) is 13.0 Å². The topological polar surface area (TPSA) is 40.5 Å². The number of likely N-dealkylation sites (tertiary alicyclic amines) is 1. The molecule has 0 aromatic carbocycles. The molecule has 0 aromatic rings. The van der Waals surface area contributed by atoms with Gasteiger partial charge in [0.1, 0.15) is 0 Å². The van der Waals surface area contributed by atoms with Crippen LogP contribution >= 0.6 is 11.8 Å². The lowest BCUT2D eigenvalue weighted by atomic mass is 9.86. The van der Waals surface area contributed by atoms with E-state index in [2.05, 4.69) is 0 Å². The van der Waals surface area contributed by atoms with Gasteiger partial charge in [0, 0.05) is 13.1 Å². The molecule has 2 fully saturated rings. The zero-order valence-electron chi connectivity index (χ0n) is 9.87. The zero-order chi connectivity index (χ0) is 13.4. The minimum atomic E-state index is -4.67. The molecule has 0 amide bonds. The molecule has 18 heavy (non-hydrogen) atoms. The van der Waals surface area contributed by atoms with Crippen LogP contribution in [0.5, 0.6) is 0 Å². The number of hydrogen-bond acceptors (Lipinski definition) is 3. The van der Waals surface area contributed by atoms with Gasteiger partial charge in [-0.3, -0.25) is 4.79 Å².